The van der Waals surface area contributed by atoms with Crippen LogP contribution >= 0.6 is 0 Å². The van der Waals surface area contributed by atoms with Crippen LogP contribution in [0.25, 0.3) is 0 Å². The molecule has 0 aromatic heterocycles. The molecule has 0 amide bonds. The van der Waals surface area contributed by atoms with Crippen LogP contribution in [-0.4, -0.2) is 77.5 Å². The van der Waals surface area contributed by atoms with Gasteiger partial charge >= 0.3 is 5.97 Å². The summed E-state index contributed by atoms with van der Waals surface area (Å²) in [6, 6.07) is 0. The monoisotopic (exact) mass is 639 g/mol. The Labute approximate surface area is 274 Å². The molecule has 254 valence electrons. The van der Waals surface area contributed by atoms with Crippen LogP contribution in [-0.2, 0) is 28.6 Å². The highest BCUT2D eigenvalue weighted by Gasteiger charge is 2.60. The maximum absolute atomic E-state index is 14.2. The van der Waals surface area contributed by atoms with Crippen molar-refractivity contribution in [2.24, 2.45) is 28.8 Å². The molecular weight excluding hydrogens is 586 g/mol. The smallest absolute Gasteiger partial charge is 0.316 e. The van der Waals surface area contributed by atoms with E-state index in [4.69, 9.17) is 23.8 Å². The van der Waals surface area contributed by atoms with E-state index in [-0.39, 0.29) is 30.7 Å². The quantitative estimate of drug-likeness (QED) is 0.229. The number of carbonyl (C=O) groups excluding carboxylic acids is 1. The first-order chi connectivity index (χ1) is 21.8. The number of esters is 1. The van der Waals surface area contributed by atoms with Crippen LogP contribution < -0.4 is 0 Å². The number of rotatable bonds is 3. The topological polar surface area (TPSA) is 116 Å². The molecule has 1 aliphatic carbocycles. The summed E-state index contributed by atoms with van der Waals surface area (Å²) < 4.78 is 26.0. The second-order valence-corrected chi connectivity index (χ2v) is 14.5. The third-order valence-electron chi connectivity index (χ3n) is 10.1. The Hall–Kier alpha value is -2.56. The number of hydrogen-bond acceptors (Lipinski definition) is 9. The van der Waals surface area contributed by atoms with Crippen LogP contribution in [0.15, 0.2) is 63.9 Å². The van der Waals surface area contributed by atoms with Gasteiger partial charge in [-0.2, -0.15) is 0 Å². The van der Waals surface area contributed by atoms with Crippen molar-refractivity contribution in [3.8, 4) is 0 Å². The first kappa shape index (κ1) is 34.8. The lowest BCUT2D eigenvalue weighted by molar-refractivity contribution is -0.313. The molecule has 4 heterocycles. The zero-order valence-corrected chi connectivity index (χ0v) is 28.7. The summed E-state index contributed by atoms with van der Waals surface area (Å²) in [5, 5.41) is 27.6. The Morgan fingerprint density at radius 2 is 1.96 bits per heavy atom. The minimum absolute atomic E-state index is 0.0340. The van der Waals surface area contributed by atoms with Crippen LogP contribution in [0.3, 0.4) is 0 Å². The summed E-state index contributed by atoms with van der Waals surface area (Å²) in [4.78, 5) is 19.4. The Balaban J connectivity index is 1.55. The molecule has 0 aromatic carbocycles. The molecule has 3 saturated heterocycles. The molecule has 9 nitrogen and oxygen atoms in total. The molecule has 5 rings (SSSR count). The minimum Gasteiger partial charge on any atom is -0.462 e. The average molecular weight is 640 g/mol. The number of nitrogens with zero attached hydrogens (tertiary/aromatic N) is 1. The van der Waals surface area contributed by atoms with Gasteiger partial charge in [0.15, 0.2) is 5.79 Å². The molecule has 0 aromatic rings. The third kappa shape index (κ3) is 6.99. The maximum Gasteiger partial charge on any atom is 0.316 e. The fourth-order valence-electron chi connectivity index (χ4n) is 7.94. The van der Waals surface area contributed by atoms with Crippen molar-refractivity contribution in [1.82, 2.24) is 0 Å². The fourth-order valence-corrected chi connectivity index (χ4v) is 7.94. The Bertz CT molecular complexity index is 1340. The van der Waals surface area contributed by atoms with Gasteiger partial charge in [0.2, 0.25) is 0 Å². The van der Waals surface area contributed by atoms with Crippen molar-refractivity contribution in [2.75, 3.05) is 13.7 Å². The number of hydrogen-bond donors (Lipinski definition) is 2. The van der Waals surface area contributed by atoms with Crippen LogP contribution in [0.4, 0.5) is 0 Å². The van der Waals surface area contributed by atoms with Gasteiger partial charge in [-0.05, 0) is 62.2 Å². The van der Waals surface area contributed by atoms with Gasteiger partial charge in [-0.25, -0.2) is 0 Å². The molecule has 9 heteroatoms. The fraction of sp³-hybridized carbons (Fsp3) is 0.676. The second-order valence-electron chi connectivity index (χ2n) is 14.5. The number of aliphatic hydroxyl groups excluding tert-OH is 1. The number of ether oxygens (including phenoxy) is 4. The zero-order chi connectivity index (χ0) is 33.4. The third-order valence-corrected chi connectivity index (χ3v) is 10.1. The van der Waals surface area contributed by atoms with Crippen LogP contribution in [0.1, 0.15) is 80.6 Å². The van der Waals surface area contributed by atoms with Gasteiger partial charge < -0.3 is 34.0 Å². The molecule has 46 heavy (non-hydrogen) atoms. The summed E-state index contributed by atoms with van der Waals surface area (Å²) in [6.07, 6.45) is 11.4. The number of fused-ring (bicyclic) bond motifs is 2. The predicted octanol–water partition coefficient (Wildman–Crippen LogP) is 5.73. The second kappa shape index (κ2) is 13.9. The molecule has 0 saturated carbocycles. The molecule has 4 aliphatic heterocycles. The molecule has 5 aliphatic rings. The van der Waals surface area contributed by atoms with Crippen molar-refractivity contribution in [1.29, 1.82) is 0 Å². The lowest BCUT2D eigenvalue weighted by Gasteiger charge is -2.50. The number of allylic oxidation sites excluding steroid dienone is 5. The Morgan fingerprint density at radius 1 is 1.20 bits per heavy atom. The number of oxime groups is 1. The van der Waals surface area contributed by atoms with E-state index in [2.05, 4.69) is 64.9 Å². The molecule has 1 spiro atoms. The first-order valence-corrected chi connectivity index (χ1v) is 16.8. The van der Waals surface area contributed by atoms with E-state index >= 15 is 0 Å². The van der Waals surface area contributed by atoms with Gasteiger partial charge in [-0.3, -0.25) is 4.79 Å². The van der Waals surface area contributed by atoms with Crippen LogP contribution in [0.2, 0.25) is 0 Å². The van der Waals surface area contributed by atoms with Crippen molar-refractivity contribution in [3.63, 3.8) is 0 Å². The summed E-state index contributed by atoms with van der Waals surface area (Å²) >= 11 is 0. The van der Waals surface area contributed by atoms with Gasteiger partial charge in [0.25, 0.3) is 0 Å². The average Bonchev–Trinajstić information content (AvgIpc) is 3.31. The van der Waals surface area contributed by atoms with E-state index in [0.717, 1.165) is 17.7 Å². The first-order valence-electron chi connectivity index (χ1n) is 16.8. The van der Waals surface area contributed by atoms with E-state index < -0.39 is 41.6 Å². The summed E-state index contributed by atoms with van der Waals surface area (Å²) in [5.41, 5.74) is 2.54. The standard InChI is InChI=1S/C37H53NO8/c1-21(2)14-25(6)33-26(7)31(38-42-8)19-36(46-33)18-29-17-28(45-36)13-12-23(4)15-22(3)10-9-11-27-20-43-34-32(39)24(5)16-30(35(40)44-29)37(27,34)41/h9-12,14,16,21-22,26,28-30,32-34,39,41H,13,15,17-20H2,1-8H3/b10-9+,23-12+,25-14+,27-11+,38-31+/t22-,26+,28-,29-,30-,32-,33-,34-,36+,37-/m1/s1. The van der Waals surface area contributed by atoms with Crippen molar-refractivity contribution < 1.29 is 38.8 Å². The number of aliphatic hydroxyl groups is 2. The predicted molar refractivity (Wildman–Crippen MR) is 176 cm³/mol. The van der Waals surface area contributed by atoms with Crippen LogP contribution in [0, 0.1) is 23.7 Å². The van der Waals surface area contributed by atoms with Gasteiger partial charge in [0, 0.05) is 25.2 Å². The molecule has 3 fully saturated rings. The molecule has 2 bridgehead atoms. The largest absolute Gasteiger partial charge is 0.462 e. The van der Waals surface area contributed by atoms with Gasteiger partial charge in [-0.1, -0.05) is 74.9 Å². The van der Waals surface area contributed by atoms with Crippen molar-refractivity contribution in [2.45, 2.75) is 122 Å². The zero-order valence-electron chi connectivity index (χ0n) is 28.7. The maximum atomic E-state index is 14.2. The Kier molecular flexibility index (Phi) is 10.5. The van der Waals surface area contributed by atoms with E-state index in [1.54, 1.807) is 20.1 Å². The van der Waals surface area contributed by atoms with E-state index in [9.17, 15) is 15.0 Å². The summed E-state index contributed by atoms with van der Waals surface area (Å²) in [7, 11) is 1.55. The van der Waals surface area contributed by atoms with E-state index in [1.807, 2.05) is 12.2 Å². The van der Waals surface area contributed by atoms with Crippen molar-refractivity contribution in [3.05, 3.63) is 58.7 Å². The number of carbonyl (C=O) groups is 1. The minimum atomic E-state index is -1.74. The molecule has 10 atom stereocenters. The van der Waals surface area contributed by atoms with Gasteiger partial charge in [0.1, 0.15) is 36.9 Å². The van der Waals surface area contributed by atoms with Crippen LogP contribution in [0.5, 0.6) is 0 Å². The Morgan fingerprint density at radius 3 is 2.67 bits per heavy atom. The highest BCUT2D eigenvalue weighted by molar-refractivity contribution is 5.88. The van der Waals surface area contributed by atoms with Gasteiger partial charge in [0.05, 0.1) is 24.5 Å². The lowest BCUT2D eigenvalue weighted by Crippen LogP contribution is -2.59. The molecule has 2 N–H and O–H groups in total. The van der Waals surface area contributed by atoms with Gasteiger partial charge in [-0.15, -0.1) is 0 Å². The molecule has 0 radical (unpaired) electrons. The van der Waals surface area contributed by atoms with E-state index in [0.29, 0.717) is 42.7 Å². The molecular formula is C37H53NO8. The molecule has 0 unspecified atom stereocenters. The van der Waals surface area contributed by atoms with Crippen molar-refractivity contribution >= 4 is 11.7 Å². The summed E-state index contributed by atoms with van der Waals surface area (Å²) in [6.45, 7) is 14.6. The van der Waals surface area contributed by atoms with E-state index in [1.165, 1.54) is 5.57 Å². The SMILES string of the molecule is CO/N=C1\C[C@]2(C[C@H]3C[C@@H](C/C=C(\C)C[C@H](C)/C=C/C=C4\CO[C@@H]5[C@H](O)C(C)=C[C@H](C(=O)O3)[C@]45O)O2)O[C@H](/C(C)=C/C(C)C)[C@H]1C. The normalized spacial score (nSPS) is 44.5. The highest BCUT2D eigenvalue weighted by Crippen LogP contribution is 2.47. The summed E-state index contributed by atoms with van der Waals surface area (Å²) in [5.74, 6) is -2.15. The lowest BCUT2D eigenvalue weighted by atomic mass is 9.71. The highest BCUT2D eigenvalue weighted by atomic mass is 16.7.